The van der Waals surface area contributed by atoms with Crippen LogP contribution >= 0.6 is 0 Å². The van der Waals surface area contributed by atoms with E-state index >= 15 is 0 Å². The summed E-state index contributed by atoms with van der Waals surface area (Å²) in [6, 6.07) is 4.29. The highest BCUT2D eigenvalue weighted by molar-refractivity contribution is 5.96. The molecule has 0 fully saturated rings. The van der Waals surface area contributed by atoms with Gasteiger partial charge in [0.25, 0.3) is 5.91 Å². The maximum atomic E-state index is 11.6. The fourth-order valence-corrected chi connectivity index (χ4v) is 1.10. The number of rotatable bonds is 3. The summed E-state index contributed by atoms with van der Waals surface area (Å²) >= 11 is 0. The predicted molar refractivity (Wildman–Crippen MR) is 63.9 cm³/mol. The van der Waals surface area contributed by atoms with Gasteiger partial charge in [0.05, 0.1) is 6.54 Å². The van der Waals surface area contributed by atoms with Crippen molar-refractivity contribution in [2.24, 2.45) is 5.41 Å². The predicted octanol–water partition coefficient (Wildman–Crippen LogP) is 0.720. The van der Waals surface area contributed by atoms with E-state index in [1.54, 1.807) is 20.8 Å². The minimum Gasteiger partial charge on any atom is -0.344 e. The second kappa shape index (κ2) is 4.95. The van der Waals surface area contributed by atoms with Crippen molar-refractivity contribution in [3.63, 3.8) is 0 Å². The number of hydrogen-bond acceptors (Lipinski definition) is 3. The number of amides is 1. The first-order chi connectivity index (χ1) is 7.80. The molecule has 0 saturated heterocycles. The lowest BCUT2D eigenvalue weighted by atomic mass is 9.91. The van der Waals surface area contributed by atoms with Crippen molar-refractivity contribution in [1.82, 2.24) is 10.3 Å². The summed E-state index contributed by atoms with van der Waals surface area (Å²) in [5, 5.41) is 2.47. The highest BCUT2D eigenvalue weighted by Gasteiger charge is 2.21. The van der Waals surface area contributed by atoms with Crippen molar-refractivity contribution >= 4 is 11.7 Å². The molecule has 17 heavy (non-hydrogen) atoms. The molecule has 1 rings (SSSR count). The average Bonchev–Trinajstić information content (AvgIpc) is 2.24. The third kappa shape index (κ3) is 3.86. The average molecular weight is 236 g/mol. The fraction of sp³-hybridized carbons (Fsp3) is 0.417. The lowest BCUT2D eigenvalue weighted by Gasteiger charge is -2.16. The molecule has 0 aliphatic rings. The van der Waals surface area contributed by atoms with E-state index in [2.05, 4.69) is 10.3 Å². The van der Waals surface area contributed by atoms with Gasteiger partial charge in [-0.1, -0.05) is 26.8 Å². The second-order valence-electron chi connectivity index (χ2n) is 4.78. The third-order valence-electron chi connectivity index (χ3n) is 2.26. The molecule has 1 aromatic rings. The first-order valence-electron chi connectivity index (χ1n) is 5.31. The summed E-state index contributed by atoms with van der Waals surface area (Å²) in [6.45, 7) is 5.31. The number of nitrogens with one attached hydrogen (secondary N) is 2. The monoisotopic (exact) mass is 236 g/mol. The SMILES string of the molecule is CC(C)(C)C(=O)CNC(=O)c1cccc(=O)[nH]1. The Kier molecular flexibility index (Phi) is 3.83. The molecule has 0 saturated carbocycles. The van der Waals surface area contributed by atoms with Gasteiger partial charge in [-0.05, 0) is 6.07 Å². The Hall–Kier alpha value is -1.91. The number of carbonyl (C=O) groups excluding carboxylic acids is 2. The van der Waals surface area contributed by atoms with Crippen LogP contribution in [0.2, 0.25) is 0 Å². The van der Waals surface area contributed by atoms with Crippen LogP contribution in [0.15, 0.2) is 23.0 Å². The molecule has 92 valence electrons. The highest BCUT2D eigenvalue weighted by atomic mass is 16.2. The molecule has 0 spiro atoms. The normalized spacial score (nSPS) is 11.0. The highest BCUT2D eigenvalue weighted by Crippen LogP contribution is 2.13. The molecule has 0 atom stereocenters. The van der Waals surface area contributed by atoms with E-state index in [1.807, 2.05) is 0 Å². The summed E-state index contributed by atoms with van der Waals surface area (Å²) in [5.41, 5.74) is -0.684. The number of ketones is 1. The quantitative estimate of drug-likeness (QED) is 0.811. The number of aromatic nitrogens is 1. The molecule has 5 nitrogen and oxygen atoms in total. The van der Waals surface area contributed by atoms with Crippen molar-refractivity contribution in [3.05, 3.63) is 34.2 Å². The summed E-state index contributed by atoms with van der Waals surface area (Å²) in [5.74, 6) is -0.524. The van der Waals surface area contributed by atoms with Crippen LogP contribution in [0.4, 0.5) is 0 Å². The number of pyridine rings is 1. The number of hydrogen-bond donors (Lipinski definition) is 2. The van der Waals surface area contributed by atoms with Gasteiger partial charge in [-0.15, -0.1) is 0 Å². The van der Waals surface area contributed by atoms with E-state index in [1.165, 1.54) is 18.2 Å². The maximum Gasteiger partial charge on any atom is 0.268 e. The molecule has 0 bridgehead atoms. The summed E-state index contributed by atoms with van der Waals surface area (Å²) in [4.78, 5) is 36.6. The van der Waals surface area contributed by atoms with Gasteiger partial charge in [0, 0.05) is 11.5 Å². The second-order valence-corrected chi connectivity index (χ2v) is 4.78. The minimum absolute atomic E-state index is 0.0424. The zero-order valence-corrected chi connectivity index (χ0v) is 10.2. The van der Waals surface area contributed by atoms with Gasteiger partial charge in [0.1, 0.15) is 5.69 Å². The van der Waals surface area contributed by atoms with Crippen LogP contribution < -0.4 is 10.9 Å². The molecular weight excluding hydrogens is 220 g/mol. The zero-order valence-electron chi connectivity index (χ0n) is 10.2. The zero-order chi connectivity index (χ0) is 13.1. The molecule has 1 amide bonds. The van der Waals surface area contributed by atoms with Crippen LogP contribution in [0.25, 0.3) is 0 Å². The summed E-state index contributed by atoms with van der Waals surface area (Å²) in [7, 11) is 0. The largest absolute Gasteiger partial charge is 0.344 e. The van der Waals surface area contributed by atoms with Crippen molar-refractivity contribution in [1.29, 1.82) is 0 Å². The maximum absolute atomic E-state index is 11.6. The Balaban J connectivity index is 2.63. The van der Waals surface area contributed by atoms with Crippen LogP contribution in [-0.2, 0) is 4.79 Å². The van der Waals surface area contributed by atoms with E-state index in [4.69, 9.17) is 0 Å². The number of carbonyl (C=O) groups is 2. The Labute approximate surface area is 99.2 Å². The van der Waals surface area contributed by atoms with Crippen molar-refractivity contribution in [3.8, 4) is 0 Å². The molecule has 5 heteroatoms. The molecule has 0 aromatic carbocycles. The smallest absolute Gasteiger partial charge is 0.268 e. The van der Waals surface area contributed by atoms with Gasteiger partial charge < -0.3 is 10.3 Å². The molecular formula is C12H16N2O3. The molecule has 2 N–H and O–H groups in total. The van der Waals surface area contributed by atoms with Gasteiger partial charge in [-0.2, -0.15) is 0 Å². The van der Waals surface area contributed by atoms with E-state index in [0.29, 0.717) is 0 Å². The lowest BCUT2D eigenvalue weighted by Crippen LogP contribution is -2.36. The van der Waals surface area contributed by atoms with Gasteiger partial charge in [0.15, 0.2) is 5.78 Å². The Bertz CT molecular complexity index is 483. The summed E-state index contributed by atoms with van der Waals surface area (Å²) in [6.07, 6.45) is 0. The molecule has 0 radical (unpaired) electrons. The lowest BCUT2D eigenvalue weighted by molar-refractivity contribution is -0.125. The first kappa shape index (κ1) is 13.2. The Morgan fingerprint density at radius 3 is 2.47 bits per heavy atom. The summed E-state index contributed by atoms with van der Waals surface area (Å²) < 4.78 is 0. The number of H-pyrrole nitrogens is 1. The van der Waals surface area contributed by atoms with Gasteiger partial charge in [0.2, 0.25) is 5.56 Å². The topological polar surface area (TPSA) is 79.0 Å². The van der Waals surface area contributed by atoms with Crippen LogP contribution in [0.5, 0.6) is 0 Å². The van der Waals surface area contributed by atoms with E-state index < -0.39 is 11.3 Å². The first-order valence-corrected chi connectivity index (χ1v) is 5.31. The Morgan fingerprint density at radius 1 is 1.29 bits per heavy atom. The van der Waals surface area contributed by atoms with Crippen LogP contribution in [0.3, 0.4) is 0 Å². The van der Waals surface area contributed by atoms with Gasteiger partial charge in [-0.25, -0.2) is 0 Å². The number of aromatic amines is 1. The minimum atomic E-state index is -0.489. The van der Waals surface area contributed by atoms with Crippen LogP contribution in [0.1, 0.15) is 31.3 Å². The van der Waals surface area contributed by atoms with Crippen molar-refractivity contribution in [2.75, 3.05) is 6.54 Å². The Morgan fingerprint density at radius 2 is 1.94 bits per heavy atom. The standard InChI is InChI=1S/C12H16N2O3/c1-12(2,3)9(15)7-13-11(17)8-5-4-6-10(16)14-8/h4-6H,7H2,1-3H3,(H,13,17)(H,14,16). The fourth-order valence-electron chi connectivity index (χ4n) is 1.10. The van der Waals surface area contributed by atoms with E-state index in [-0.39, 0.29) is 23.6 Å². The van der Waals surface area contributed by atoms with Crippen molar-refractivity contribution in [2.45, 2.75) is 20.8 Å². The van der Waals surface area contributed by atoms with Gasteiger partial charge >= 0.3 is 0 Å². The van der Waals surface area contributed by atoms with Crippen LogP contribution in [0, 0.1) is 5.41 Å². The molecule has 0 aliphatic heterocycles. The molecule has 1 heterocycles. The molecule has 0 unspecified atom stereocenters. The third-order valence-corrected chi connectivity index (χ3v) is 2.26. The number of Topliss-reactive ketones (excluding diaryl/α,β-unsaturated/α-hetero) is 1. The van der Waals surface area contributed by atoms with Crippen molar-refractivity contribution < 1.29 is 9.59 Å². The van der Waals surface area contributed by atoms with Crippen LogP contribution in [-0.4, -0.2) is 23.2 Å². The molecule has 1 aromatic heterocycles. The van der Waals surface area contributed by atoms with Gasteiger partial charge in [-0.3, -0.25) is 14.4 Å². The van der Waals surface area contributed by atoms with E-state index in [0.717, 1.165) is 0 Å². The molecule has 0 aliphatic carbocycles. The van der Waals surface area contributed by atoms with E-state index in [9.17, 15) is 14.4 Å².